The molecule has 0 aliphatic heterocycles. The van der Waals surface area contributed by atoms with Crippen LogP contribution in [0.15, 0.2) is 28.1 Å². The van der Waals surface area contributed by atoms with Crippen molar-refractivity contribution in [3.63, 3.8) is 0 Å². The number of aromatic carboxylic acids is 1. The molecule has 10 heteroatoms. The van der Waals surface area contributed by atoms with Crippen LogP contribution < -0.4 is 4.72 Å². The Hall–Kier alpha value is -2.20. The maximum absolute atomic E-state index is 12.0. The van der Waals surface area contributed by atoms with Gasteiger partial charge in [-0.1, -0.05) is 5.16 Å². The molecule has 2 aromatic heterocycles. The van der Waals surface area contributed by atoms with Gasteiger partial charge in [0, 0.05) is 12.7 Å². The minimum atomic E-state index is -3.84. The molecular formula is C10H12N4O5S. The second kappa shape index (κ2) is 5.43. The summed E-state index contributed by atoms with van der Waals surface area (Å²) < 4.78 is 32.1. The minimum absolute atomic E-state index is 0.0903. The van der Waals surface area contributed by atoms with Gasteiger partial charge in [0.25, 0.3) is 0 Å². The van der Waals surface area contributed by atoms with Crippen LogP contribution in [0.3, 0.4) is 0 Å². The van der Waals surface area contributed by atoms with E-state index in [4.69, 9.17) is 5.11 Å². The van der Waals surface area contributed by atoms with Gasteiger partial charge in [-0.05, 0) is 13.0 Å². The van der Waals surface area contributed by atoms with Crippen LogP contribution in [0.4, 0.5) is 0 Å². The summed E-state index contributed by atoms with van der Waals surface area (Å²) in [5, 5.41) is 12.5. The first-order chi connectivity index (χ1) is 9.44. The van der Waals surface area contributed by atoms with E-state index in [2.05, 4.69) is 19.4 Å². The van der Waals surface area contributed by atoms with E-state index in [0.29, 0.717) is 6.54 Å². The van der Waals surface area contributed by atoms with Crippen molar-refractivity contribution < 1.29 is 22.8 Å². The number of nitrogens with one attached hydrogen (secondary N) is 1. The third-order valence-electron chi connectivity index (χ3n) is 2.57. The average Bonchev–Trinajstić information content (AvgIpc) is 3.05. The summed E-state index contributed by atoms with van der Waals surface area (Å²) in [5.74, 6) is -1.01. The van der Waals surface area contributed by atoms with Crippen molar-refractivity contribution in [2.75, 3.05) is 0 Å². The van der Waals surface area contributed by atoms with Crippen molar-refractivity contribution in [2.45, 2.75) is 24.9 Å². The topological polar surface area (TPSA) is 127 Å². The van der Waals surface area contributed by atoms with Gasteiger partial charge in [-0.3, -0.25) is 0 Å². The zero-order valence-corrected chi connectivity index (χ0v) is 11.3. The lowest BCUT2D eigenvalue weighted by Crippen LogP contribution is -2.23. The van der Waals surface area contributed by atoms with E-state index in [1.165, 1.54) is 10.8 Å². The molecular weight excluding hydrogens is 288 g/mol. The molecule has 0 aromatic carbocycles. The molecule has 2 rings (SSSR count). The number of aromatic nitrogens is 3. The number of hydrogen-bond donors (Lipinski definition) is 2. The van der Waals surface area contributed by atoms with Crippen molar-refractivity contribution in [2.24, 2.45) is 0 Å². The van der Waals surface area contributed by atoms with E-state index in [0.717, 1.165) is 12.5 Å². The van der Waals surface area contributed by atoms with Crippen molar-refractivity contribution >= 4 is 16.0 Å². The van der Waals surface area contributed by atoms with Gasteiger partial charge in [-0.2, -0.15) is 4.98 Å². The van der Waals surface area contributed by atoms with Gasteiger partial charge >= 0.3 is 5.97 Å². The van der Waals surface area contributed by atoms with Gasteiger partial charge in [0.05, 0.1) is 6.54 Å². The first kappa shape index (κ1) is 14.2. The van der Waals surface area contributed by atoms with Gasteiger partial charge < -0.3 is 14.2 Å². The summed E-state index contributed by atoms with van der Waals surface area (Å²) in [6, 6.07) is 1.10. The summed E-state index contributed by atoms with van der Waals surface area (Å²) in [5.41, 5.74) is -0.0903. The summed E-state index contributed by atoms with van der Waals surface area (Å²) in [6.45, 7) is 1.93. The third-order valence-corrected chi connectivity index (χ3v) is 3.94. The number of sulfonamides is 1. The van der Waals surface area contributed by atoms with Crippen molar-refractivity contribution in [1.29, 1.82) is 0 Å². The lowest BCUT2D eigenvalue weighted by molar-refractivity contribution is 0.0685. The Bertz CT molecular complexity index is 704. The van der Waals surface area contributed by atoms with Gasteiger partial charge in [-0.15, -0.1) is 0 Å². The van der Waals surface area contributed by atoms with Crippen LogP contribution in [-0.2, 0) is 23.1 Å². The molecule has 2 N–H and O–H groups in total. The number of carboxylic acids is 1. The molecule has 2 heterocycles. The highest BCUT2D eigenvalue weighted by Crippen LogP contribution is 2.15. The zero-order chi connectivity index (χ0) is 14.8. The Kier molecular flexibility index (Phi) is 3.86. The van der Waals surface area contributed by atoms with Gasteiger partial charge in [0.2, 0.25) is 16.4 Å². The number of carboxylic acid groups (broad SMARTS) is 1. The van der Waals surface area contributed by atoms with Crippen LogP contribution in [0.1, 0.15) is 23.2 Å². The Labute approximate surface area is 114 Å². The Morgan fingerprint density at radius 2 is 2.30 bits per heavy atom. The molecule has 0 unspecified atom stereocenters. The Morgan fingerprint density at radius 1 is 1.55 bits per heavy atom. The minimum Gasteiger partial charge on any atom is -0.477 e. The normalized spacial score (nSPS) is 11.7. The lowest BCUT2D eigenvalue weighted by atomic mass is 10.4. The molecule has 2 aromatic rings. The smallest absolute Gasteiger partial charge is 0.352 e. The molecule has 20 heavy (non-hydrogen) atoms. The van der Waals surface area contributed by atoms with Gasteiger partial charge in [0.15, 0.2) is 5.82 Å². The van der Waals surface area contributed by atoms with Crippen LogP contribution >= 0.6 is 0 Å². The summed E-state index contributed by atoms with van der Waals surface area (Å²) in [4.78, 5) is 14.5. The SMILES string of the molecule is CCn1cc(S(=O)(=O)NCc2ncon2)cc1C(=O)O. The van der Waals surface area contributed by atoms with Gasteiger partial charge in [0.1, 0.15) is 10.6 Å². The number of nitrogens with zero attached hydrogens (tertiary/aromatic N) is 3. The van der Waals surface area contributed by atoms with E-state index in [1.54, 1.807) is 6.92 Å². The highest BCUT2D eigenvalue weighted by Gasteiger charge is 2.21. The van der Waals surface area contributed by atoms with E-state index >= 15 is 0 Å². The van der Waals surface area contributed by atoms with E-state index in [9.17, 15) is 13.2 Å². The highest BCUT2D eigenvalue weighted by atomic mass is 32.2. The summed E-state index contributed by atoms with van der Waals surface area (Å²) in [6.07, 6.45) is 2.35. The molecule has 9 nitrogen and oxygen atoms in total. The molecule has 0 bridgehead atoms. The molecule has 0 amide bonds. The molecule has 0 atom stereocenters. The standard InChI is InChI=1S/C10H12N4O5S/c1-2-14-5-7(3-8(14)10(15)16)20(17,18)12-4-9-11-6-19-13-9/h3,5-6,12H,2,4H2,1H3,(H,15,16). The van der Waals surface area contributed by atoms with E-state index in [-0.39, 0.29) is 23.0 Å². The molecule has 0 spiro atoms. The number of hydrogen-bond acceptors (Lipinski definition) is 6. The quantitative estimate of drug-likeness (QED) is 0.772. The fourth-order valence-electron chi connectivity index (χ4n) is 1.58. The Morgan fingerprint density at radius 3 is 2.80 bits per heavy atom. The first-order valence-corrected chi connectivity index (χ1v) is 7.10. The molecule has 108 valence electrons. The van der Waals surface area contributed by atoms with Crippen LogP contribution in [0.5, 0.6) is 0 Å². The van der Waals surface area contributed by atoms with Crippen molar-refractivity contribution in [3.8, 4) is 0 Å². The fraction of sp³-hybridized carbons (Fsp3) is 0.300. The molecule has 0 saturated heterocycles. The average molecular weight is 300 g/mol. The lowest BCUT2D eigenvalue weighted by Gasteiger charge is -2.01. The number of carbonyl (C=O) groups is 1. The molecule has 0 radical (unpaired) electrons. The predicted octanol–water partition coefficient (Wildman–Crippen LogP) is 0.0677. The van der Waals surface area contributed by atoms with Crippen molar-refractivity contribution in [1.82, 2.24) is 19.4 Å². The van der Waals surface area contributed by atoms with Crippen LogP contribution in [0, 0.1) is 0 Å². The van der Waals surface area contributed by atoms with Crippen molar-refractivity contribution in [3.05, 3.63) is 30.2 Å². The van der Waals surface area contributed by atoms with Gasteiger partial charge in [-0.25, -0.2) is 17.9 Å². The first-order valence-electron chi connectivity index (χ1n) is 5.62. The molecule has 0 saturated carbocycles. The Balaban J connectivity index is 2.23. The highest BCUT2D eigenvalue weighted by molar-refractivity contribution is 7.89. The largest absolute Gasteiger partial charge is 0.477 e. The third kappa shape index (κ3) is 2.86. The second-order valence-electron chi connectivity index (χ2n) is 3.82. The summed E-state index contributed by atoms with van der Waals surface area (Å²) >= 11 is 0. The maximum atomic E-state index is 12.0. The van der Waals surface area contributed by atoms with Crippen LogP contribution in [-0.4, -0.2) is 34.2 Å². The number of rotatable bonds is 6. The monoisotopic (exact) mass is 300 g/mol. The summed E-state index contributed by atoms with van der Waals surface area (Å²) in [7, 11) is -3.84. The second-order valence-corrected chi connectivity index (χ2v) is 5.59. The maximum Gasteiger partial charge on any atom is 0.352 e. The van der Waals surface area contributed by atoms with Crippen LogP contribution in [0.25, 0.3) is 0 Å². The van der Waals surface area contributed by atoms with E-state index in [1.807, 2.05) is 0 Å². The van der Waals surface area contributed by atoms with Crippen LogP contribution in [0.2, 0.25) is 0 Å². The molecule has 0 aliphatic rings. The fourth-order valence-corrected chi connectivity index (χ4v) is 2.60. The predicted molar refractivity (Wildman–Crippen MR) is 65.4 cm³/mol. The molecule has 0 aliphatic carbocycles. The number of aryl methyl sites for hydroxylation is 1. The molecule has 0 fully saturated rings. The zero-order valence-electron chi connectivity index (χ0n) is 10.5. The van der Waals surface area contributed by atoms with E-state index < -0.39 is 16.0 Å².